The van der Waals surface area contributed by atoms with E-state index in [4.69, 9.17) is 5.11 Å². The first-order valence-electron chi connectivity index (χ1n) is 7.25. The molecule has 0 atom stereocenters. The van der Waals surface area contributed by atoms with Crippen molar-refractivity contribution >= 4 is 17.7 Å². The fourth-order valence-corrected chi connectivity index (χ4v) is 2.69. The van der Waals surface area contributed by atoms with E-state index in [1.807, 2.05) is 0 Å². The number of fused-ring (bicyclic) bond motifs is 1. The van der Waals surface area contributed by atoms with Crippen LogP contribution in [0.3, 0.4) is 0 Å². The summed E-state index contributed by atoms with van der Waals surface area (Å²) in [5.74, 6) is -0.955. The van der Waals surface area contributed by atoms with E-state index < -0.39 is 5.97 Å². The summed E-state index contributed by atoms with van der Waals surface area (Å²) in [5.41, 5.74) is 2.71. The largest absolute Gasteiger partial charge is 0.481 e. The average Bonchev–Trinajstić information content (AvgIpc) is 2.76. The smallest absolute Gasteiger partial charge is 0.303 e. The molecule has 6 heteroatoms. The molecule has 1 aromatic heterocycles. The summed E-state index contributed by atoms with van der Waals surface area (Å²) in [6, 6.07) is 0. The van der Waals surface area contributed by atoms with Gasteiger partial charge in [-0.3, -0.25) is 14.4 Å². The van der Waals surface area contributed by atoms with Gasteiger partial charge < -0.3 is 15.4 Å². The second-order valence-corrected chi connectivity index (χ2v) is 5.36. The minimum absolute atomic E-state index is 0.102. The summed E-state index contributed by atoms with van der Waals surface area (Å²) >= 11 is 0. The molecule has 0 spiro atoms. The molecule has 3 N–H and O–H groups in total. The highest BCUT2D eigenvalue weighted by Gasteiger charge is 2.26. The topological polar surface area (TPSA) is 99.3 Å². The molecule has 114 valence electrons. The van der Waals surface area contributed by atoms with Crippen LogP contribution in [0.1, 0.15) is 64.2 Å². The number of aromatic amines is 1. The van der Waals surface area contributed by atoms with Gasteiger partial charge in [-0.25, -0.2) is 0 Å². The van der Waals surface area contributed by atoms with E-state index in [0.717, 1.165) is 24.1 Å². The van der Waals surface area contributed by atoms with Crippen molar-refractivity contribution in [2.24, 2.45) is 0 Å². The standard InChI is InChI=1S/C15H20N2O4/c1-9-13-10(5-4-6-11(13)18)17-14(9)15(21)16-8-3-2-7-12(19)20/h17H,2-8H2,1H3,(H,16,21)(H,19,20). The van der Waals surface area contributed by atoms with Crippen molar-refractivity contribution in [3.05, 3.63) is 22.5 Å². The van der Waals surface area contributed by atoms with Gasteiger partial charge in [0.1, 0.15) is 5.69 Å². The lowest BCUT2D eigenvalue weighted by molar-refractivity contribution is -0.137. The summed E-state index contributed by atoms with van der Waals surface area (Å²) in [7, 11) is 0. The molecule has 1 aliphatic carbocycles. The number of aryl methyl sites for hydroxylation is 1. The summed E-state index contributed by atoms with van der Waals surface area (Å²) in [6.45, 7) is 2.22. The molecule has 2 rings (SSSR count). The SMILES string of the molecule is Cc1c(C(=O)NCCCCC(=O)O)[nH]c2c1C(=O)CCC2. The molecule has 0 bridgehead atoms. The van der Waals surface area contributed by atoms with E-state index in [9.17, 15) is 14.4 Å². The number of unbranched alkanes of at least 4 members (excludes halogenated alkanes) is 1. The van der Waals surface area contributed by atoms with Crippen LogP contribution in [0.4, 0.5) is 0 Å². The Bertz CT molecular complexity index is 574. The molecule has 1 amide bonds. The number of amides is 1. The van der Waals surface area contributed by atoms with Crippen molar-refractivity contribution in [3.63, 3.8) is 0 Å². The van der Waals surface area contributed by atoms with E-state index in [1.165, 1.54) is 0 Å². The van der Waals surface area contributed by atoms with E-state index in [1.54, 1.807) is 6.92 Å². The Balaban J connectivity index is 1.94. The zero-order valence-electron chi connectivity index (χ0n) is 12.1. The van der Waals surface area contributed by atoms with E-state index in [-0.39, 0.29) is 18.1 Å². The van der Waals surface area contributed by atoms with Gasteiger partial charge in [0.2, 0.25) is 0 Å². The van der Waals surface area contributed by atoms with Crippen molar-refractivity contribution in [3.8, 4) is 0 Å². The van der Waals surface area contributed by atoms with Crippen molar-refractivity contribution in [1.82, 2.24) is 10.3 Å². The first-order chi connectivity index (χ1) is 10.0. The third kappa shape index (κ3) is 3.51. The molecule has 21 heavy (non-hydrogen) atoms. The molecule has 6 nitrogen and oxygen atoms in total. The first-order valence-corrected chi connectivity index (χ1v) is 7.25. The highest BCUT2D eigenvalue weighted by Crippen LogP contribution is 2.26. The highest BCUT2D eigenvalue weighted by molar-refractivity contribution is 6.04. The minimum Gasteiger partial charge on any atom is -0.481 e. The normalized spacial score (nSPS) is 13.9. The summed E-state index contributed by atoms with van der Waals surface area (Å²) in [6.07, 6.45) is 3.43. The molecule has 0 aliphatic heterocycles. The number of ketones is 1. The average molecular weight is 292 g/mol. The van der Waals surface area contributed by atoms with Crippen LogP contribution in [-0.2, 0) is 11.2 Å². The predicted molar refractivity (Wildman–Crippen MR) is 76.6 cm³/mol. The van der Waals surface area contributed by atoms with Crippen molar-refractivity contribution < 1.29 is 19.5 Å². The van der Waals surface area contributed by atoms with E-state index in [2.05, 4.69) is 10.3 Å². The Labute approximate surface area is 122 Å². The number of carboxylic acid groups (broad SMARTS) is 1. The van der Waals surface area contributed by atoms with Crippen LogP contribution < -0.4 is 5.32 Å². The maximum Gasteiger partial charge on any atom is 0.303 e. The van der Waals surface area contributed by atoms with Gasteiger partial charge in [-0.05, 0) is 38.2 Å². The van der Waals surface area contributed by atoms with Gasteiger partial charge in [-0.1, -0.05) is 0 Å². The number of carboxylic acids is 1. The Kier molecular flexibility index (Phi) is 4.77. The molecule has 1 aromatic rings. The number of aromatic nitrogens is 1. The lowest BCUT2D eigenvalue weighted by Gasteiger charge is -2.09. The molecule has 0 fully saturated rings. The molecule has 0 unspecified atom stereocenters. The fraction of sp³-hybridized carbons (Fsp3) is 0.533. The number of hydrogen-bond acceptors (Lipinski definition) is 3. The number of carbonyl (C=O) groups is 3. The number of hydrogen-bond donors (Lipinski definition) is 3. The molecular formula is C15H20N2O4. The fourth-order valence-electron chi connectivity index (χ4n) is 2.69. The number of rotatable bonds is 6. The summed E-state index contributed by atoms with van der Waals surface area (Å²) in [5, 5.41) is 11.3. The monoisotopic (exact) mass is 292 g/mol. The molecule has 0 saturated carbocycles. The Morgan fingerprint density at radius 2 is 2.05 bits per heavy atom. The number of Topliss-reactive ketones (excluding diaryl/α,β-unsaturated/α-hetero) is 1. The van der Waals surface area contributed by atoms with Crippen molar-refractivity contribution in [2.45, 2.75) is 45.4 Å². The van der Waals surface area contributed by atoms with Crippen LogP contribution >= 0.6 is 0 Å². The molecule has 1 heterocycles. The zero-order valence-corrected chi connectivity index (χ0v) is 12.1. The molecular weight excluding hydrogens is 272 g/mol. The third-order valence-electron chi connectivity index (χ3n) is 3.77. The minimum atomic E-state index is -0.826. The van der Waals surface area contributed by atoms with Crippen LogP contribution in [0.15, 0.2) is 0 Å². The van der Waals surface area contributed by atoms with Crippen LogP contribution in [0.25, 0.3) is 0 Å². The van der Waals surface area contributed by atoms with Gasteiger partial charge >= 0.3 is 5.97 Å². The van der Waals surface area contributed by atoms with Gasteiger partial charge in [-0.2, -0.15) is 0 Å². The number of H-pyrrole nitrogens is 1. The van der Waals surface area contributed by atoms with E-state index >= 15 is 0 Å². The number of carbonyl (C=O) groups excluding carboxylic acids is 2. The molecule has 0 aromatic carbocycles. The molecule has 0 radical (unpaired) electrons. The van der Waals surface area contributed by atoms with E-state index in [0.29, 0.717) is 37.1 Å². The third-order valence-corrected chi connectivity index (χ3v) is 3.77. The van der Waals surface area contributed by atoms with Crippen LogP contribution in [0, 0.1) is 6.92 Å². The molecule has 0 saturated heterocycles. The van der Waals surface area contributed by atoms with Crippen molar-refractivity contribution in [1.29, 1.82) is 0 Å². The summed E-state index contributed by atoms with van der Waals surface area (Å²) in [4.78, 5) is 37.5. The van der Waals surface area contributed by atoms with Crippen molar-refractivity contribution in [2.75, 3.05) is 6.54 Å². The van der Waals surface area contributed by atoms with Crippen LogP contribution in [0.5, 0.6) is 0 Å². The second-order valence-electron chi connectivity index (χ2n) is 5.36. The second kappa shape index (κ2) is 6.56. The zero-order chi connectivity index (χ0) is 15.4. The lowest BCUT2D eigenvalue weighted by Crippen LogP contribution is -2.25. The predicted octanol–water partition coefficient (Wildman–Crippen LogP) is 1.83. The quantitative estimate of drug-likeness (QED) is 0.696. The first kappa shape index (κ1) is 15.3. The summed E-state index contributed by atoms with van der Waals surface area (Å²) < 4.78 is 0. The van der Waals surface area contributed by atoms with Gasteiger partial charge in [0, 0.05) is 30.6 Å². The Morgan fingerprint density at radius 3 is 2.71 bits per heavy atom. The van der Waals surface area contributed by atoms with Crippen LogP contribution in [0.2, 0.25) is 0 Å². The number of nitrogens with one attached hydrogen (secondary N) is 2. The Hall–Kier alpha value is -2.11. The van der Waals surface area contributed by atoms with Gasteiger partial charge in [0.15, 0.2) is 5.78 Å². The van der Waals surface area contributed by atoms with Gasteiger partial charge in [0.25, 0.3) is 5.91 Å². The lowest BCUT2D eigenvalue weighted by atomic mass is 9.94. The highest BCUT2D eigenvalue weighted by atomic mass is 16.4. The maximum atomic E-state index is 12.1. The van der Waals surface area contributed by atoms with Gasteiger partial charge in [-0.15, -0.1) is 0 Å². The number of aliphatic carboxylic acids is 1. The Morgan fingerprint density at radius 1 is 1.29 bits per heavy atom. The molecule has 1 aliphatic rings. The van der Waals surface area contributed by atoms with Crippen LogP contribution in [-0.4, -0.2) is 34.3 Å². The maximum absolute atomic E-state index is 12.1. The van der Waals surface area contributed by atoms with Gasteiger partial charge in [0.05, 0.1) is 0 Å².